The molecule has 1 unspecified atom stereocenters. The van der Waals surface area contributed by atoms with Gasteiger partial charge in [-0.25, -0.2) is 4.39 Å². The van der Waals surface area contributed by atoms with Crippen LogP contribution < -0.4 is 5.32 Å². The van der Waals surface area contributed by atoms with Gasteiger partial charge < -0.3 is 5.32 Å². The third-order valence-corrected chi connectivity index (χ3v) is 3.46. The van der Waals surface area contributed by atoms with Gasteiger partial charge in [0, 0.05) is 11.1 Å². The molecule has 1 nitrogen and oxygen atoms in total. The van der Waals surface area contributed by atoms with Crippen molar-refractivity contribution in [2.45, 2.75) is 46.6 Å². The molecule has 1 N–H and O–H groups in total. The Morgan fingerprint density at radius 3 is 2.67 bits per heavy atom. The van der Waals surface area contributed by atoms with Gasteiger partial charge in [-0.2, -0.15) is 0 Å². The molecule has 0 saturated carbocycles. The highest BCUT2D eigenvalue weighted by molar-refractivity contribution is 6.31. The molecule has 0 bridgehead atoms. The maximum absolute atomic E-state index is 13.2. The SMILES string of the molecule is CCNC(C)CC(C)(C)Cc1cc(F)ccc1Cl. The first-order valence-electron chi connectivity index (χ1n) is 6.51. The fourth-order valence-corrected chi connectivity index (χ4v) is 2.70. The summed E-state index contributed by atoms with van der Waals surface area (Å²) in [5, 5.41) is 4.06. The summed E-state index contributed by atoms with van der Waals surface area (Å²) < 4.78 is 13.2. The molecule has 1 aromatic rings. The summed E-state index contributed by atoms with van der Waals surface area (Å²) in [6.45, 7) is 9.65. The van der Waals surface area contributed by atoms with Crippen LogP contribution >= 0.6 is 11.6 Å². The van der Waals surface area contributed by atoms with Crippen LogP contribution in [0, 0.1) is 11.2 Å². The van der Waals surface area contributed by atoms with Crippen LogP contribution in [-0.4, -0.2) is 12.6 Å². The van der Waals surface area contributed by atoms with Crippen molar-refractivity contribution in [3.63, 3.8) is 0 Å². The predicted octanol–water partition coefficient (Wildman–Crippen LogP) is 4.44. The molecule has 0 saturated heterocycles. The van der Waals surface area contributed by atoms with Crippen LogP contribution in [0.3, 0.4) is 0 Å². The van der Waals surface area contributed by atoms with E-state index in [4.69, 9.17) is 11.6 Å². The molecule has 0 aromatic heterocycles. The summed E-state index contributed by atoms with van der Waals surface area (Å²) in [6.07, 6.45) is 1.83. The summed E-state index contributed by atoms with van der Waals surface area (Å²) in [5.41, 5.74) is 0.990. The third-order valence-electron chi connectivity index (χ3n) is 3.09. The van der Waals surface area contributed by atoms with Crippen LogP contribution in [0.5, 0.6) is 0 Å². The molecule has 1 atom stereocenters. The number of rotatable bonds is 6. The Labute approximate surface area is 115 Å². The second-order valence-electron chi connectivity index (χ2n) is 5.74. The van der Waals surface area contributed by atoms with Gasteiger partial charge >= 0.3 is 0 Å². The van der Waals surface area contributed by atoms with E-state index in [2.05, 4.69) is 33.0 Å². The fraction of sp³-hybridized carbons (Fsp3) is 0.600. The van der Waals surface area contributed by atoms with Gasteiger partial charge in [-0.1, -0.05) is 32.4 Å². The molecule has 0 amide bonds. The lowest BCUT2D eigenvalue weighted by Gasteiger charge is -2.29. The maximum Gasteiger partial charge on any atom is 0.123 e. The van der Waals surface area contributed by atoms with E-state index >= 15 is 0 Å². The second kappa shape index (κ2) is 6.53. The monoisotopic (exact) mass is 271 g/mol. The minimum absolute atomic E-state index is 0.0962. The highest BCUT2D eigenvalue weighted by atomic mass is 35.5. The van der Waals surface area contributed by atoms with Crippen molar-refractivity contribution in [1.29, 1.82) is 0 Å². The molecule has 0 radical (unpaired) electrons. The Morgan fingerprint density at radius 1 is 1.39 bits per heavy atom. The molecule has 0 aliphatic rings. The Hall–Kier alpha value is -0.600. The number of hydrogen-bond donors (Lipinski definition) is 1. The number of nitrogens with one attached hydrogen (secondary N) is 1. The van der Waals surface area contributed by atoms with Crippen molar-refractivity contribution in [2.75, 3.05) is 6.54 Å². The van der Waals surface area contributed by atoms with Crippen molar-refractivity contribution in [2.24, 2.45) is 5.41 Å². The lowest BCUT2D eigenvalue weighted by molar-refractivity contribution is 0.288. The lowest BCUT2D eigenvalue weighted by Crippen LogP contribution is -2.32. The Balaban J connectivity index is 2.72. The molecule has 0 aliphatic carbocycles. The van der Waals surface area contributed by atoms with Gasteiger partial charge in [0.1, 0.15) is 5.82 Å². The van der Waals surface area contributed by atoms with Crippen LogP contribution in [0.15, 0.2) is 18.2 Å². The number of halogens is 2. The fourth-order valence-electron chi connectivity index (χ4n) is 2.52. The molecule has 1 rings (SSSR count). The largest absolute Gasteiger partial charge is 0.315 e. The summed E-state index contributed by atoms with van der Waals surface area (Å²) in [7, 11) is 0. The minimum atomic E-state index is -0.218. The first-order valence-corrected chi connectivity index (χ1v) is 6.89. The molecular formula is C15H23ClFN. The van der Waals surface area contributed by atoms with Crippen LogP contribution in [0.1, 0.15) is 39.7 Å². The quantitative estimate of drug-likeness (QED) is 0.807. The molecule has 18 heavy (non-hydrogen) atoms. The highest BCUT2D eigenvalue weighted by Crippen LogP contribution is 2.30. The van der Waals surface area contributed by atoms with E-state index in [9.17, 15) is 4.39 Å². The van der Waals surface area contributed by atoms with Crippen molar-refractivity contribution in [1.82, 2.24) is 5.32 Å². The Morgan fingerprint density at radius 2 is 2.06 bits per heavy atom. The van der Waals surface area contributed by atoms with Crippen molar-refractivity contribution in [3.05, 3.63) is 34.6 Å². The first-order chi connectivity index (χ1) is 8.34. The molecule has 102 valence electrons. The van der Waals surface area contributed by atoms with Gasteiger partial charge in [-0.05, 0) is 55.5 Å². The van der Waals surface area contributed by atoms with E-state index < -0.39 is 0 Å². The summed E-state index contributed by atoms with van der Waals surface area (Å²) in [4.78, 5) is 0. The van der Waals surface area contributed by atoms with Gasteiger partial charge in [0.25, 0.3) is 0 Å². The maximum atomic E-state index is 13.2. The number of hydrogen-bond acceptors (Lipinski definition) is 1. The first kappa shape index (κ1) is 15.5. The Bertz CT molecular complexity index is 390. The predicted molar refractivity (Wildman–Crippen MR) is 76.7 cm³/mol. The van der Waals surface area contributed by atoms with E-state index in [1.54, 1.807) is 12.1 Å². The zero-order chi connectivity index (χ0) is 13.8. The van der Waals surface area contributed by atoms with Gasteiger partial charge in [-0.3, -0.25) is 0 Å². The van der Waals surface area contributed by atoms with Crippen LogP contribution in [0.2, 0.25) is 5.02 Å². The zero-order valence-corrected chi connectivity index (χ0v) is 12.4. The Kier molecular flexibility index (Phi) is 5.61. The normalized spacial score (nSPS) is 13.7. The van der Waals surface area contributed by atoms with Crippen LogP contribution in [0.25, 0.3) is 0 Å². The molecular weight excluding hydrogens is 249 g/mol. The summed E-state index contributed by atoms with van der Waals surface area (Å²) in [6, 6.07) is 5.04. The van der Waals surface area contributed by atoms with E-state index in [0.717, 1.165) is 24.9 Å². The third kappa shape index (κ3) is 4.95. The lowest BCUT2D eigenvalue weighted by atomic mass is 9.80. The molecule has 0 heterocycles. The molecule has 1 aromatic carbocycles. The molecule has 0 fully saturated rings. The summed E-state index contributed by atoms with van der Waals surface area (Å²) >= 11 is 6.12. The van der Waals surface area contributed by atoms with Crippen LogP contribution in [0.4, 0.5) is 4.39 Å². The van der Waals surface area contributed by atoms with E-state index in [1.165, 1.54) is 6.07 Å². The topological polar surface area (TPSA) is 12.0 Å². The van der Waals surface area contributed by atoms with Crippen molar-refractivity contribution < 1.29 is 4.39 Å². The van der Waals surface area contributed by atoms with E-state index in [0.29, 0.717) is 11.1 Å². The van der Waals surface area contributed by atoms with Gasteiger partial charge in [-0.15, -0.1) is 0 Å². The van der Waals surface area contributed by atoms with E-state index in [-0.39, 0.29) is 11.2 Å². The van der Waals surface area contributed by atoms with Gasteiger partial charge in [0.2, 0.25) is 0 Å². The molecule has 0 spiro atoms. The zero-order valence-electron chi connectivity index (χ0n) is 11.7. The van der Waals surface area contributed by atoms with Gasteiger partial charge in [0.05, 0.1) is 0 Å². The standard InChI is InChI=1S/C15H23ClFN/c1-5-18-11(2)9-15(3,4)10-12-8-13(17)6-7-14(12)16/h6-8,11,18H,5,9-10H2,1-4H3. The number of benzene rings is 1. The van der Waals surface area contributed by atoms with Crippen LogP contribution in [-0.2, 0) is 6.42 Å². The second-order valence-corrected chi connectivity index (χ2v) is 6.15. The average molecular weight is 272 g/mol. The highest BCUT2D eigenvalue weighted by Gasteiger charge is 2.22. The summed E-state index contributed by atoms with van der Waals surface area (Å²) in [5.74, 6) is -0.218. The minimum Gasteiger partial charge on any atom is -0.315 e. The van der Waals surface area contributed by atoms with Crippen molar-refractivity contribution in [3.8, 4) is 0 Å². The molecule has 3 heteroatoms. The van der Waals surface area contributed by atoms with Crippen molar-refractivity contribution >= 4 is 11.6 Å². The van der Waals surface area contributed by atoms with E-state index in [1.807, 2.05) is 0 Å². The smallest absolute Gasteiger partial charge is 0.123 e. The molecule has 0 aliphatic heterocycles. The average Bonchev–Trinajstić information content (AvgIpc) is 2.22. The van der Waals surface area contributed by atoms with Gasteiger partial charge in [0.15, 0.2) is 0 Å².